The number of methoxy groups -OCH3 is 2. The number of H-pyrrole nitrogens is 1. The molecule has 0 saturated heterocycles. The van der Waals surface area contributed by atoms with Gasteiger partial charge >= 0.3 is 0 Å². The van der Waals surface area contributed by atoms with Gasteiger partial charge in [-0.25, -0.2) is 10.5 Å². The van der Waals surface area contributed by atoms with Gasteiger partial charge in [-0.05, 0) is 31.0 Å². The number of carbonyl (C=O) groups is 1. The van der Waals surface area contributed by atoms with Crippen molar-refractivity contribution >= 4 is 17.7 Å². The van der Waals surface area contributed by atoms with Crippen molar-refractivity contribution in [2.45, 2.75) is 37.3 Å². The smallest absolute Gasteiger partial charge is 0.270 e. The maximum Gasteiger partial charge on any atom is 0.270 e. The topological polar surface area (TPSA) is 137 Å². The molecule has 1 aromatic heterocycles. The third-order valence-electron chi connectivity index (χ3n) is 4.33. The van der Waals surface area contributed by atoms with Gasteiger partial charge in [0.1, 0.15) is 11.6 Å². The van der Waals surface area contributed by atoms with Gasteiger partial charge < -0.3 is 14.5 Å². The first kappa shape index (κ1) is 23.3. The molecule has 0 fully saturated rings. The Morgan fingerprint density at radius 1 is 1.23 bits per heavy atom. The summed E-state index contributed by atoms with van der Waals surface area (Å²) in [7, 11) is 3.04. The Morgan fingerprint density at radius 2 is 1.97 bits per heavy atom. The Morgan fingerprint density at radius 3 is 2.63 bits per heavy atom. The van der Waals surface area contributed by atoms with Gasteiger partial charge in [-0.15, -0.1) is 0 Å². The van der Waals surface area contributed by atoms with Crippen molar-refractivity contribution in [3.63, 3.8) is 0 Å². The van der Waals surface area contributed by atoms with Crippen LogP contribution in [0.3, 0.4) is 0 Å². The van der Waals surface area contributed by atoms with Crippen LogP contribution in [0.1, 0.15) is 37.7 Å². The zero-order chi connectivity index (χ0) is 21.9. The molecule has 0 aliphatic carbocycles. The molecule has 0 spiro atoms. The molecule has 0 unspecified atom stereocenters. The van der Waals surface area contributed by atoms with Gasteiger partial charge in [-0.3, -0.25) is 14.8 Å². The van der Waals surface area contributed by atoms with Crippen LogP contribution in [0.25, 0.3) is 11.3 Å². The van der Waals surface area contributed by atoms with Gasteiger partial charge in [-0.1, -0.05) is 24.6 Å². The lowest BCUT2D eigenvalue weighted by atomic mass is 10.1. The van der Waals surface area contributed by atoms with E-state index < -0.39 is 5.56 Å². The van der Waals surface area contributed by atoms with Crippen molar-refractivity contribution in [2.75, 3.05) is 20.0 Å². The molecule has 1 amide bonds. The van der Waals surface area contributed by atoms with Crippen molar-refractivity contribution in [1.82, 2.24) is 15.4 Å². The Kier molecular flexibility index (Phi) is 9.18. The molecule has 0 saturated carbocycles. The highest BCUT2D eigenvalue weighted by Gasteiger charge is 2.16. The number of ether oxygens (including phenoxy) is 2. The average Bonchev–Trinajstić information content (AvgIpc) is 2.77. The molecule has 2 rings (SSSR count). The van der Waals surface area contributed by atoms with Crippen molar-refractivity contribution in [1.29, 1.82) is 5.26 Å². The molecule has 0 atom stereocenters. The Hall–Kier alpha value is -3.03. The molecule has 0 bridgehead atoms. The number of amides is 1. The van der Waals surface area contributed by atoms with Crippen LogP contribution in [0.4, 0.5) is 0 Å². The van der Waals surface area contributed by atoms with Crippen LogP contribution in [0.15, 0.2) is 28.2 Å². The van der Waals surface area contributed by atoms with E-state index >= 15 is 0 Å². The number of nitriles is 1. The highest BCUT2D eigenvalue weighted by molar-refractivity contribution is 7.99. The highest BCUT2D eigenvalue weighted by Crippen LogP contribution is 2.32. The van der Waals surface area contributed by atoms with Gasteiger partial charge in [0.2, 0.25) is 5.91 Å². The van der Waals surface area contributed by atoms with E-state index in [2.05, 4.69) is 9.97 Å². The summed E-state index contributed by atoms with van der Waals surface area (Å²) >= 11 is 1.40. The summed E-state index contributed by atoms with van der Waals surface area (Å²) in [6.07, 6.45) is 3.65. The number of rotatable bonds is 11. The first-order chi connectivity index (χ1) is 14.5. The van der Waals surface area contributed by atoms with Gasteiger partial charge in [0.15, 0.2) is 16.7 Å². The van der Waals surface area contributed by atoms with Gasteiger partial charge in [0.25, 0.3) is 5.56 Å². The lowest BCUT2D eigenvalue weighted by Gasteiger charge is -2.11. The molecule has 3 N–H and O–H groups in total. The third-order valence-corrected chi connectivity index (χ3v) is 5.29. The molecule has 9 nitrogen and oxygen atoms in total. The predicted molar refractivity (Wildman–Crippen MR) is 112 cm³/mol. The Labute approximate surface area is 178 Å². The normalized spacial score (nSPS) is 10.3. The van der Waals surface area contributed by atoms with Gasteiger partial charge in [-0.2, -0.15) is 5.26 Å². The number of hydroxylamine groups is 1. The van der Waals surface area contributed by atoms with Gasteiger partial charge in [0, 0.05) is 17.7 Å². The predicted octanol–water partition coefficient (Wildman–Crippen LogP) is 2.87. The number of aromatic nitrogens is 2. The lowest BCUT2D eigenvalue weighted by molar-refractivity contribution is -0.129. The standard InChI is InChI=1S/C20H24N4O5S/c1-28-15-9-8-13(11-16(15)29-2)18-14(12-21)19(26)23-20(22-18)30-10-6-4-3-5-7-17(25)24-27/h8-9,11,27H,3-7,10H2,1-2H3,(H,24,25)(H,22,23,26). The van der Waals surface area contributed by atoms with Crippen LogP contribution >= 0.6 is 11.8 Å². The van der Waals surface area contributed by atoms with Crippen LogP contribution in [0.2, 0.25) is 0 Å². The molecule has 1 heterocycles. The van der Waals surface area contributed by atoms with Crippen molar-refractivity contribution in [3.8, 4) is 28.8 Å². The maximum atomic E-state index is 12.4. The Balaban J connectivity index is 2.08. The molecule has 1 aromatic carbocycles. The minimum absolute atomic E-state index is 0.0614. The SMILES string of the molecule is COc1ccc(-c2nc(SCCCCCCC(=O)NO)[nH]c(=O)c2C#N)cc1OC. The quantitative estimate of drug-likeness (QED) is 0.162. The zero-order valence-corrected chi connectivity index (χ0v) is 17.7. The number of hydrogen-bond donors (Lipinski definition) is 3. The van der Waals surface area contributed by atoms with Crippen molar-refractivity contribution < 1.29 is 19.5 Å². The number of thioether (sulfide) groups is 1. The fraction of sp³-hybridized carbons (Fsp3) is 0.400. The van der Waals surface area contributed by atoms with E-state index in [0.29, 0.717) is 40.8 Å². The van der Waals surface area contributed by atoms with E-state index in [9.17, 15) is 14.9 Å². The van der Waals surface area contributed by atoms with Crippen molar-refractivity contribution in [3.05, 3.63) is 34.1 Å². The van der Waals surface area contributed by atoms with E-state index in [1.807, 2.05) is 6.07 Å². The first-order valence-corrected chi connectivity index (χ1v) is 10.3. The van der Waals surface area contributed by atoms with E-state index in [0.717, 1.165) is 25.0 Å². The summed E-state index contributed by atoms with van der Waals surface area (Å²) < 4.78 is 10.5. The maximum absolute atomic E-state index is 12.4. The summed E-state index contributed by atoms with van der Waals surface area (Å²) in [6, 6.07) is 7.02. The van der Waals surface area contributed by atoms with E-state index in [-0.39, 0.29) is 11.5 Å². The molecule has 10 heteroatoms. The monoisotopic (exact) mass is 432 g/mol. The number of unbranched alkanes of at least 4 members (excludes halogenated alkanes) is 3. The summed E-state index contributed by atoms with van der Waals surface area (Å²) in [5, 5.41) is 18.3. The summed E-state index contributed by atoms with van der Waals surface area (Å²) in [4.78, 5) is 30.4. The lowest BCUT2D eigenvalue weighted by Crippen LogP contribution is -2.17. The van der Waals surface area contributed by atoms with Crippen LogP contribution in [0.5, 0.6) is 11.5 Å². The average molecular weight is 433 g/mol. The van der Waals surface area contributed by atoms with E-state index in [4.69, 9.17) is 14.7 Å². The van der Waals surface area contributed by atoms with Crippen LogP contribution in [0, 0.1) is 11.3 Å². The second-order valence-electron chi connectivity index (χ2n) is 6.32. The second-order valence-corrected chi connectivity index (χ2v) is 7.41. The second kappa shape index (κ2) is 11.8. The first-order valence-electron chi connectivity index (χ1n) is 9.36. The van der Waals surface area contributed by atoms with Gasteiger partial charge in [0.05, 0.1) is 19.9 Å². The summed E-state index contributed by atoms with van der Waals surface area (Å²) in [5.41, 5.74) is 1.93. The molecule has 0 aliphatic heterocycles. The minimum atomic E-state index is -0.491. The van der Waals surface area contributed by atoms with Crippen molar-refractivity contribution in [2.24, 2.45) is 0 Å². The van der Waals surface area contributed by atoms with E-state index in [1.165, 1.54) is 26.0 Å². The molecule has 160 valence electrons. The highest BCUT2D eigenvalue weighted by atomic mass is 32.2. The zero-order valence-electron chi connectivity index (χ0n) is 16.9. The van der Waals surface area contributed by atoms with Crippen LogP contribution in [-0.4, -0.2) is 41.1 Å². The Bertz CT molecular complexity index is 971. The largest absolute Gasteiger partial charge is 0.493 e. The summed E-state index contributed by atoms with van der Waals surface area (Å²) in [6.45, 7) is 0. The number of nitrogens with zero attached hydrogens (tertiary/aromatic N) is 2. The molecule has 30 heavy (non-hydrogen) atoms. The molecule has 2 aromatic rings. The number of aromatic amines is 1. The molecular weight excluding hydrogens is 408 g/mol. The number of hydrogen-bond acceptors (Lipinski definition) is 8. The fourth-order valence-corrected chi connectivity index (χ4v) is 3.65. The number of nitrogens with one attached hydrogen (secondary N) is 2. The minimum Gasteiger partial charge on any atom is -0.493 e. The van der Waals surface area contributed by atoms with Crippen LogP contribution < -0.4 is 20.5 Å². The number of benzene rings is 1. The molecule has 0 aliphatic rings. The van der Waals surface area contributed by atoms with Crippen LogP contribution in [-0.2, 0) is 4.79 Å². The fourth-order valence-electron chi connectivity index (χ4n) is 2.78. The molecule has 0 radical (unpaired) electrons. The van der Waals surface area contributed by atoms with E-state index in [1.54, 1.807) is 23.7 Å². The third kappa shape index (κ3) is 6.23. The summed E-state index contributed by atoms with van der Waals surface area (Å²) in [5.74, 6) is 1.36. The molecular formula is C20H24N4O5S. The number of carbonyl (C=O) groups excluding carboxylic acids is 1.